The average molecular weight is 401 g/mol. The second kappa shape index (κ2) is 9.62. The predicted molar refractivity (Wildman–Crippen MR) is 114 cm³/mol. The highest BCUT2D eigenvalue weighted by molar-refractivity contribution is 7.98. The fourth-order valence-electron chi connectivity index (χ4n) is 2.53. The van der Waals surface area contributed by atoms with E-state index in [-0.39, 0.29) is 5.91 Å². The number of benzene rings is 2. The van der Waals surface area contributed by atoms with Gasteiger partial charge in [-0.3, -0.25) is 4.79 Å². The number of thioether (sulfide) groups is 1. The van der Waals surface area contributed by atoms with Crippen LogP contribution < -0.4 is 5.43 Å². The van der Waals surface area contributed by atoms with Gasteiger partial charge in [-0.25, -0.2) is 15.4 Å². The lowest BCUT2D eigenvalue weighted by Crippen LogP contribution is -2.17. The SMILES string of the molecule is Cc1cc(C)nc(SCc2ccc(C(=O)N/N=C/c3ccc(C#N)cc3)cc2)n1. The monoisotopic (exact) mass is 401 g/mol. The van der Waals surface area contributed by atoms with Crippen molar-refractivity contribution in [2.75, 3.05) is 0 Å². The zero-order valence-electron chi connectivity index (χ0n) is 16.1. The Balaban J connectivity index is 1.54. The Morgan fingerprint density at radius 2 is 1.76 bits per heavy atom. The number of amides is 1. The van der Waals surface area contributed by atoms with Crippen molar-refractivity contribution in [3.63, 3.8) is 0 Å². The van der Waals surface area contributed by atoms with Crippen molar-refractivity contribution in [1.29, 1.82) is 5.26 Å². The highest BCUT2D eigenvalue weighted by Gasteiger charge is 2.06. The Kier molecular flexibility index (Phi) is 6.72. The van der Waals surface area contributed by atoms with E-state index >= 15 is 0 Å². The van der Waals surface area contributed by atoms with Crippen molar-refractivity contribution in [3.8, 4) is 6.07 Å². The summed E-state index contributed by atoms with van der Waals surface area (Å²) in [5.41, 5.74) is 7.39. The van der Waals surface area contributed by atoms with E-state index in [1.54, 1.807) is 48.2 Å². The van der Waals surface area contributed by atoms with Crippen LogP contribution >= 0.6 is 11.8 Å². The minimum Gasteiger partial charge on any atom is -0.267 e. The number of hydrazone groups is 1. The van der Waals surface area contributed by atoms with Crippen LogP contribution in [0.3, 0.4) is 0 Å². The first-order valence-corrected chi connectivity index (χ1v) is 9.89. The highest BCUT2D eigenvalue weighted by Crippen LogP contribution is 2.20. The second-order valence-electron chi connectivity index (χ2n) is 6.35. The Labute approximate surface area is 173 Å². The van der Waals surface area contributed by atoms with Crippen LogP contribution in [0.1, 0.15) is 38.4 Å². The van der Waals surface area contributed by atoms with Crippen LogP contribution in [0.25, 0.3) is 0 Å². The lowest BCUT2D eigenvalue weighted by Gasteiger charge is -2.05. The molecule has 0 atom stereocenters. The van der Waals surface area contributed by atoms with Gasteiger partial charge in [0.15, 0.2) is 5.16 Å². The van der Waals surface area contributed by atoms with Crippen LogP contribution in [0, 0.1) is 25.2 Å². The summed E-state index contributed by atoms with van der Waals surface area (Å²) in [5, 5.41) is 13.5. The average Bonchev–Trinajstić information content (AvgIpc) is 2.72. The summed E-state index contributed by atoms with van der Waals surface area (Å²) in [6.45, 7) is 3.91. The Bertz CT molecular complexity index is 1050. The largest absolute Gasteiger partial charge is 0.271 e. The van der Waals surface area contributed by atoms with Gasteiger partial charge in [-0.05, 0) is 55.3 Å². The van der Waals surface area contributed by atoms with Gasteiger partial charge in [-0.1, -0.05) is 36.0 Å². The molecule has 29 heavy (non-hydrogen) atoms. The molecule has 1 N–H and O–H groups in total. The van der Waals surface area contributed by atoms with Crippen molar-refractivity contribution in [2.45, 2.75) is 24.8 Å². The second-order valence-corrected chi connectivity index (χ2v) is 7.29. The summed E-state index contributed by atoms with van der Waals surface area (Å²) >= 11 is 1.56. The van der Waals surface area contributed by atoms with Crippen molar-refractivity contribution in [1.82, 2.24) is 15.4 Å². The number of hydrogen-bond acceptors (Lipinski definition) is 6. The minimum absolute atomic E-state index is 0.285. The summed E-state index contributed by atoms with van der Waals surface area (Å²) in [5.74, 6) is 0.438. The molecule has 0 saturated heterocycles. The van der Waals surface area contributed by atoms with Gasteiger partial charge in [0.2, 0.25) is 0 Å². The standard InChI is InChI=1S/C22H19N5OS/c1-15-11-16(2)26-22(25-15)29-14-19-7-9-20(10-8-19)21(28)27-24-13-18-5-3-17(12-23)4-6-18/h3-11,13H,14H2,1-2H3,(H,27,28)/b24-13+. The molecule has 0 saturated carbocycles. The number of nitrogens with zero attached hydrogens (tertiary/aromatic N) is 4. The maximum absolute atomic E-state index is 12.2. The molecule has 1 heterocycles. The maximum atomic E-state index is 12.2. The Morgan fingerprint density at radius 3 is 2.38 bits per heavy atom. The van der Waals surface area contributed by atoms with Crippen LogP contribution in [0.5, 0.6) is 0 Å². The quantitative estimate of drug-likeness (QED) is 0.291. The molecule has 6 nitrogen and oxygen atoms in total. The number of aromatic nitrogens is 2. The van der Waals surface area contributed by atoms with E-state index in [0.29, 0.717) is 11.1 Å². The van der Waals surface area contributed by atoms with Gasteiger partial charge in [0.05, 0.1) is 17.8 Å². The molecule has 7 heteroatoms. The smallest absolute Gasteiger partial charge is 0.267 e. The third kappa shape index (κ3) is 5.99. The van der Waals surface area contributed by atoms with E-state index in [9.17, 15) is 4.79 Å². The summed E-state index contributed by atoms with van der Waals surface area (Å²) in [6, 6.07) is 18.3. The molecule has 0 unspecified atom stereocenters. The van der Waals surface area contributed by atoms with Crippen molar-refractivity contribution in [2.24, 2.45) is 5.10 Å². The summed E-state index contributed by atoms with van der Waals surface area (Å²) in [4.78, 5) is 21.0. The van der Waals surface area contributed by atoms with E-state index in [2.05, 4.69) is 26.6 Å². The van der Waals surface area contributed by atoms with E-state index in [1.807, 2.05) is 32.0 Å². The molecular formula is C22H19N5OS. The van der Waals surface area contributed by atoms with Gasteiger partial charge in [-0.15, -0.1) is 0 Å². The number of nitriles is 1. The lowest BCUT2D eigenvalue weighted by molar-refractivity contribution is 0.0955. The zero-order valence-corrected chi connectivity index (χ0v) is 16.9. The van der Waals surface area contributed by atoms with E-state index in [0.717, 1.165) is 33.4 Å². The topological polar surface area (TPSA) is 91.0 Å². The molecule has 0 aliphatic rings. The van der Waals surface area contributed by atoms with Gasteiger partial charge >= 0.3 is 0 Å². The first-order chi connectivity index (χ1) is 14.0. The van der Waals surface area contributed by atoms with Crippen LogP contribution in [-0.2, 0) is 5.75 Å². The Hall–Kier alpha value is -3.50. The number of nitrogens with one attached hydrogen (secondary N) is 1. The van der Waals surface area contributed by atoms with Crippen LogP contribution in [-0.4, -0.2) is 22.1 Å². The van der Waals surface area contributed by atoms with Crippen LogP contribution in [0.4, 0.5) is 0 Å². The molecule has 0 aliphatic heterocycles. The molecule has 1 amide bonds. The predicted octanol–water partition coefficient (Wildman–Crippen LogP) is 4.02. The number of carbonyl (C=O) groups excluding carboxylic acids is 1. The van der Waals surface area contributed by atoms with Gasteiger partial charge in [0.25, 0.3) is 5.91 Å². The molecule has 3 aromatic rings. The molecule has 0 aliphatic carbocycles. The number of rotatable bonds is 6. The van der Waals surface area contributed by atoms with Gasteiger partial charge in [-0.2, -0.15) is 10.4 Å². The van der Waals surface area contributed by atoms with Gasteiger partial charge in [0, 0.05) is 22.7 Å². The van der Waals surface area contributed by atoms with Crippen molar-refractivity contribution in [3.05, 3.63) is 88.2 Å². The third-order valence-electron chi connectivity index (χ3n) is 3.97. The summed E-state index contributed by atoms with van der Waals surface area (Å²) < 4.78 is 0. The molecule has 144 valence electrons. The first kappa shape index (κ1) is 20.2. The molecule has 0 bridgehead atoms. The molecule has 3 rings (SSSR count). The first-order valence-electron chi connectivity index (χ1n) is 8.91. The van der Waals surface area contributed by atoms with E-state index in [4.69, 9.17) is 5.26 Å². The van der Waals surface area contributed by atoms with Gasteiger partial charge < -0.3 is 0 Å². The fourth-order valence-corrected chi connectivity index (χ4v) is 3.44. The van der Waals surface area contributed by atoms with Gasteiger partial charge in [0.1, 0.15) is 0 Å². The fraction of sp³-hybridized carbons (Fsp3) is 0.136. The Morgan fingerprint density at radius 1 is 1.10 bits per heavy atom. The summed E-state index contributed by atoms with van der Waals surface area (Å²) in [7, 11) is 0. The van der Waals surface area contributed by atoms with Crippen LogP contribution in [0.2, 0.25) is 0 Å². The molecule has 0 radical (unpaired) electrons. The van der Waals surface area contributed by atoms with Crippen LogP contribution in [0.15, 0.2) is 64.9 Å². The lowest BCUT2D eigenvalue weighted by atomic mass is 10.1. The molecular weight excluding hydrogens is 382 g/mol. The molecule has 0 fully saturated rings. The summed E-state index contributed by atoms with van der Waals surface area (Å²) in [6.07, 6.45) is 1.54. The molecule has 1 aromatic heterocycles. The highest BCUT2D eigenvalue weighted by atomic mass is 32.2. The number of aryl methyl sites for hydroxylation is 2. The maximum Gasteiger partial charge on any atom is 0.271 e. The normalized spacial score (nSPS) is 10.7. The third-order valence-corrected chi connectivity index (χ3v) is 4.88. The molecule has 2 aromatic carbocycles. The van der Waals surface area contributed by atoms with E-state index in [1.165, 1.54) is 6.21 Å². The van der Waals surface area contributed by atoms with E-state index < -0.39 is 0 Å². The molecule has 0 spiro atoms. The number of hydrogen-bond donors (Lipinski definition) is 1. The van der Waals surface area contributed by atoms with Crippen molar-refractivity contribution >= 4 is 23.9 Å². The number of carbonyl (C=O) groups is 1. The van der Waals surface area contributed by atoms with Crippen molar-refractivity contribution < 1.29 is 4.79 Å². The minimum atomic E-state index is -0.285. The zero-order chi connectivity index (χ0) is 20.6.